The summed E-state index contributed by atoms with van der Waals surface area (Å²) in [6.07, 6.45) is 1.25. The van der Waals surface area contributed by atoms with Crippen molar-refractivity contribution in [1.29, 1.82) is 0 Å². The van der Waals surface area contributed by atoms with Crippen LogP contribution in [-0.2, 0) is 14.6 Å². The van der Waals surface area contributed by atoms with Crippen molar-refractivity contribution >= 4 is 44.6 Å². The smallest absolute Gasteiger partial charge is 0.242 e. The molecule has 1 rings (SSSR count). The Kier molecular flexibility index (Phi) is 5.40. The maximum atomic E-state index is 11.8. The van der Waals surface area contributed by atoms with Crippen molar-refractivity contribution in [1.82, 2.24) is 0 Å². The highest BCUT2D eigenvalue weighted by molar-refractivity contribution is 7.92. The number of carbonyl (C=O) groups is 1. The van der Waals surface area contributed by atoms with Gasteiger partial charge in [0.05, 0.1) is 5.75 Å². The van der Waals surface area contributed by atoms with Gasteiger partial charge in [0.2, 0.25) is 5.91 Å². The third-order valence-electron chi connectivity index (χ3n) is 2.39. The van der Waals surface area contributed by atoms with Gasteiger partial charge >= 0.3 is 0 Å². The molecular weight excluding hydrogens is 309 g/mol. The van der Waals surface area contributed by atoms with Crippen LogP contribution < -0.4 is 5.32 Å². The molecule has 0 fully saturated rings. The zero-order valence-corrected chi connectivity index (χ0v) is 12.5. The normalized spacial score (nSPS) is 12.8. The molecule has 0 bridgehead atoms. The van der Waals surface area contributed by atoms with Crippen molar-refractivity contribution in [2.75, 3.05) is 11.1 Å². The van der Waals surface area contributed by atoms with Crippen LogP contribution in [0.25, 0.3) is 0 Å². The third kappa shape index (κ3) is 4.53. The molecule has 0 heterocycles. The Morgan fingerprint density at radius 2 is 1.89 bits per heavy atom. The Labute approximate surface area is 122 Å². The molecule has 1 N–H and O–H groups in total. The first-order valence-electron chi connectivity index (χ1n) is 5.35. The average molecular weight is 322 g/mol. The van der Waals surface area contributed by atoms with E-state index in [1.165, 1.54) is 31.2 Å². The minimum absolute atomic E-state index is 0.252. The maximum Gasteiger partial charge on any atom is 0.242 e. The molecule has 0 aliphatic carbocycles. The predicted octanol–water partition coefficient (Wildman–Crippen LogP) is 2.92. The number of sulfone groups is 1. The number of rotatable bonds is 5. The number of anilines is 1. The van der Waals surface area contributed by atoms with Gasteiger partial charge in [-0.1, -0.05) is 29.3 Å². The summed E-state index contributed by atoms with van der Waals surface area (Å²) in [7, 11) is -3.55. The minimum Gasteiger partial charge on any atom is -0.325 e. The number of nitrogens with one attached hydrogen (secondary N) is 1. The second kappa shape index (κ2) is 6.41. The first-order chi connectivity index (χ1) is 8.76. The maximum absolute atomic E-state index is 11.8. The van der Waals surface area contributed by atoms with Crippen LogP contribution in [-0.4, -0.2) is 25.3 Å². The summed E-state index contributed by atoms with van der Waals surface area (Å²) in [6.45, 7) is 4.67. The zero-order chi connectivity index (χ0) is 14.6. The van der Waals surface area contributed by atoms with E-state index in [-0.39, 0.29) is 5.75 Å². The molecule has 0 aliphatic rings. The SMILES string of the molecule is C=CCS(=O)(=O)C(C)C(=O)Nc1cc(Cl)cc(Cl)c1. The van der Waals surface area contributed by atoms with Gasteiger partial charge in [0.1, 0.15) is 5.25 Å². The Morgan fingerprint density at radius 3 is 2.37 bits per heavy atom. The van der Waals surface area contributed by atoms with Crippen LogP contribution in [0.2, 0.25) is 10.0 Å². The van der Waals surface area contributed by atoms with Gasteiger partial charge in [-0.2, -0.15) is 0 Å². The largest absolute Gasteiger partial charge is 0.325 e. The van der Waals surface area contributed by atoms with Gasteiger partial charge in [-0.25, -0.2) is 8.42 Å². The van der Waals surface area contributed by atoms with Gasteiger partial charge in [-0.05, 0) is 25.1 Å². The summed E-state index contributed by atoms with van der Waals surface area (Å²) < 4.78 is 23.4. The lowest BCUT2D eigenvalue weighted by Gasteiger charge is -2.12. The molecule has 1 amide bonds. The predicted molar refractivity (Wildman–Crippen MR) is 78.5 cm³/mol. The fourth-order valence-electron chi connectivity index (χ4n) is 1.34. The highest BCUT2D eigenvalue weighted by Gasteiger charge is 2.26. The van der Waals surface area contributed by atoms with Crippen LogP contribution in [0.3, 0.4) is 0 Å². The van der Waals surface area contributed by atoms with E-state index in [9.17, 15) is 13.2 Å². The topological polar surface area (TPSA) is 63.2 Å². The summed E-state index contributed by atoms with van der Waals surface area (Å²) in [4.78, 5) is 11.8. The summed E-state index contributed by atoms with van der Waals surface area (Å²) in [5.74, 6) is -0.891. The van der Waals surface area contributed by atoms with E-state index in [1.807, 2.05) is 0 Å². The summed E-state index contributed by atoms with van der Waals surface area (Å²) in [5.41, 5.74) is 0.350. The molecule has 0 radical (unpaired) electrons. The molecular formula is C12H13Cl2NO3S. The summed E-state index contributed by atoms with van der Waals surface area (Å²) in [6, 6.07) is 4.48. The molecule has 0 saturated carbocycles. The Hall–Kier alpha value is -1.04. The van der Waals surface area contributed by atoms with Crippen molar-refractivity contribution in [2.45, 2.75) is 12.2 Å². The van der Waals surface area contributed by atoms with Crippen molar-refractivity contribution in [2.24, 2.45) is 0 Å². The van der Waals surface area contributed by atoms with Crippen molar-refractivity contribution in [3.05, 3.63) is 40.9 Å². The van der Waals surface area contributed by atoms with Crippen LogP contribution in [0.15, 0.2) is 30.9 Å². The quantitative estimate of drug-likeness (QED) is 0.848. The van der Waals surface area contributed by atoms with E-state index in [1.54, 1.807) is 0 Å². The van der Waals surface area contributed by atoms with E-state index in [0.29, 0.717) is 15.7 Å². The monoisotopic (exact) mass is 321 g/mol. The molecule has 0 aromatic heterocycles. The highest BCUT2D eigenvalue weighted by atomic mass is 35.5. The van der Waals surface area contributed by atoms with Gasteiger partial charge in [-0.15, -0.1) is 6.58 Å². The lowest BCUT2D eigenvalue weighted by Crippen LogP contribution is -2.33. The van der Waals surface area contributed by atoms with Crippen LogP contribution >= 0.6 is 23.2 Å². The molecule has 4 nitrogen and oxygen atoms in total. The number of benzene rings is 1. The first kappa shape index (κ1) is 16.0. The number of amides is 1. The molecule has 0 spiro atoms. The lowest BCUT2D eigenvalue weighted by atomic mass is 10.3. The van der Waals surface area contributed by atoms with Crippen LogP contribution in [0.1, 0.15) is 6.92 Å². The van der Waals surface area contributed by atoms with E-state index >= 15 is 0 Å². The second-order valence-electron chi connectivity index (χ2n) is 3.91. The van der Waals surface area contributed by atoms with Crippen molar-refractivity contribution < 1.29 is 13.2 Å². The molecule has 0 saturated heterocycles. The van der Waals surface area contributed by atoms with E-state index in [4.69, 9.17) is 23.2 Å². The Morgan fingerprint density at radius 1 is 1.37 bits per heavy atom. The Balaban J connectivity index is 2.88. The molecule has 1 aromatic rings. The van der Waals surface area contributed by atoms with Crippen LogP contribution in [0.5, 0.6) is 0 Å². The zero-order valence-electron chi connectivity index (χ0n) is 10.2. The molecule has 1 atom stereocenters. The second-order valence-corrected chi connectivity index (χ2v) is 7.15. The van der Waals surface area contributed by atoms with Crippen molar-refractivity contribution in [3.8, 4) is 0 Å². The average Bonchev–Trinajstić information content (AvgIpc) is 2.26. The van der Waals surface area contributed by atoms with E-state index in [0.717, 1.165) is 0 Å². The third-order valence-corrected chi connectivity index (χ3v) is 4.82. The number of carbonyl (C=O) groups excluding carboxylic acids is 1. The first-order valence-corrected chi connectivity index (χ1v) is 7.83. The van der Waals surface area contributed by atoms with Crippen LogP contribution in [0, 0.1) is 0 Å². The van der Waals surface area contributed by atoms with E-state index < -0.39 is 21.0 Å². The van der Waals surface area contributed by atoms with Crippen molar-refractivity contribution in [3.63, 3.8) is 0 Å². The van der Waals surface area contributed by atoms with Gasteiger partial charge in [-0.3, -0.25) is 4.79 Å². The molecule has 0 aliphatic heterocycles. The Bertz CT molecular complexity index is 579. The highest BCUT2D eigenvalue weighted by Crippen LogP contribution is 2.22. The van der Waals surface area contributed by atoms with Gasteiger partial charge in [0.15, 0.2) is 9.84 Å². The van der Waals surface area contributed by atoms with Gasteiger partial charge in [0.25, 0.3) is 0 Å². The van der Waals surface area contributed by atoms with Crippen LogP contribution in [0.4, 0.5) is 5.69 Å². The van der Waals surface area contributed by atoms with Gasteiger partial charge < -0.3 is 5.32 Å². The molecule has 1 unspecified atom stereocenters. The summed E-state index contributed by atoms with van der Waals surface area (Å²) in [5, 5.41) is 1.99. The molecule has 104 valence electrons. The fourth-order valence-corrected chi connectivity index (χ4v) is 2.87. The standard InChI is InChI=1S/C12H13Cl2NO3S/c1-3-4-19(17,18)8(2)12(16)15-11-6-9(13)5-10(14)7-11/h3,5-8H,1,4H2,2H3,(H,15,16). The fraction of sp³-hybridized carbons (Fsp3) is 0.250. The number of halogens is 2. The molecule has 19 heavy (non-hydrogen) atoms. The number of hydrogen-bond donors (Lipinski definition) is 1. The molecule has 7 heteroatoms. The van der Waals surface area contributed by atoms with Gasteiger partial charge in [0, 0.05) is 15.7 Å². The molecule has 1 aromatic carbocycles. The summed E-state index contributed by atoms with van der Waals surface area (Å²) >= 11 is 11.6. The number of hydrogen-bond acceptors (Lipinski definition) is 3. The van der Waals surface area contributed by atoms with E-state index in [2.05, 4.69) is 11.9 Å². The lowest BCUT2D eigenvalue weighted by molar-refractivity contribution is -0.115. The minimum atomic E-state index is -3.55.